The van der Waals surface area contributed by atoms with Gasteiger partial charge in [-0.2, -0.15) is 0 Å². The van der Waals surface area contributed by atoms with Crippen molar-refractivity contribution in [2.24, 2.45) is 5.92 Å². The summed E-state index contributed by atoms with van der Waals surface area (Å²) in [6.45, 7) is 4.80. The quantitative estimate of drug-likeness (QED) is 0.480. The second-order valence-electron chi connectivity index (χ2n) is 4.27. The fraction of sp³-hybridized carbons (Fsp3) is 0.636. The van der Waals surface area contributed by atoms with Gasteiger partial charge in [-0.1, -0.05) is 13.8 Å². The molecule has 0 amide bonds. The molecule has 0 saturated heterocycles. The van der Waals surface area contributed by atoms with E-state index in [1.165, 1.54) is 6.33 Å². The monoisotopic (exact) mass is 269 g/mol. The predicted octanol–water partition coefficient (Wildman–Crippen LogP) is 1.25. The van der Waals surface area contributed by atoms with E-state index in [0.29, 0.717) is 13.1 Å². The molecule has 0 spiro atoms. The van der Waals surface area contributed by atoms with Crippen LogP contribution in [0.25, 0.3) is 0 Å². The molecule has 0 fully saturated rings. The van der Waals surface area contributed by atoms with Gasteiger partial charge in [-0.25, -0.2) is 9.97 Å². The van der Waals surface area contributed by atoms with Gasteiger partial charge in [0.1, 0.15) is 6.33 Å². The van der Waals surface area contributed by atoms with Gasteiger partial charge < -0.3 is 15.7 Å². The number of anilines is 2. The van der Waals surface area contributed by atoms with Gasteiger partial charge in [-0.3, -0.25) is 10.1 Å². The minimum absolute atomic E-state index is 0.00677. The summed E-state index contributed by atoms with van der Waals surface area (Å²) >= 11 is 0. The smallest absolute Gasteiger partial charge is 0.353 e. The van der Waals surface area contributed by atoms with Gasteiger partial charge in [0.05, 0.1) is 4.92 Å². The van der Waals surface area contributed by atoms with Crippen molar-refractivity contribution < 1.29 is 10.0 Å². The molecule has 1 rings (SSSR count). The van der Waals surface area contributed by atoms with E-state index in [9.17, 15) is 10.1 Å². The Morgan fingerprint density at radius 1 is 1.42 bits per heavy atom. The van der Waals surface area contributed by atoms with Gasteiger partial charge in [0.2, 0.25) is 11.6 Å². The van der Waals surface area contributed by atoms with Gasteiger partial charge in [0.25, 0.3) is 0 Å². The number of aliphatic hydroxyl groups excluding tert-OH is 1. The zero-order chi connectivity index (χ0) is 14.3. The van der Waals surface area contributed by atoms with Gasteiger partial charge >= 0.3 is 5.69 Å². The summed E-state index contributed by atoms with van der Waals surface area (Å²) in [5, 5.41) is 25.8. The van der Waals surface area contributed by atoms with Crippen LogP contribution in [0.4, 0.5) is 17.3 Å². The maximum Gasteiger partial charge on any atom is 0.353 e. The zero-order valence-corrected chi connectivity index (χ0v) is 11.1. The zero-order valence-electron chi connectivity index (χ0n) is 11.1. The van der Waals surface area contributed by atoms with Crippen LogP contribution < -0.4 is 10.6 Å². The summed E-state index contributed by atoms with van der Waals surface area (Å²) in [5.74, 6) is 0.363. The normalized spacial score (nSPS) is 11.9. The molecule has 0 aromatic carbocycles. The predicted molar refractivity (Wildman–Crippen MR) is 72.2 cm³/mol. The van der Waals surface area contributed by atoms with Crippen LogP contribution in [-0.4, -0.2) is 39.7 Å². The molecule has 0 bridgehead atoms. The highest BCUT2D eigenvalue weighted by Crippen LogP contribution is 2.28. The summed E-state index contributed by atoms with van der Waals surface area (Å²) < 4.78 is 0. The van der Waals surface area contributed by atoms with Crippen molar-refractivity contribution in [2.45, 2.75) is 20.3 Å². The fourth-order valence-electron chi connectivity index (χ4n) is 1.39. The summed E-state index contributed by atoms with van der Waals surface area (Å²) in [6, 6.07) is 0. The molecule has 1 aromatic heterocycles. The molecule has 0 aliphatic rings. The Morgan fingerprint density at radius 2 is 2.05 bits per heavy atom. The van der Waals surface area contributed by atoms with E-state index < -0.39 is 4.92 Å². The summed E-state index contributed by atoms with van der Waals surface area (Å²) in [4.78, 5) is 18.4. The number of aliphatic hydroxyl groups is 1. The maximum atomic E-state index is 11.1. The number of hydrogen-bond donors (Lipinski definition) is 3. The van der Waals surface area contributed by atoms with Crippen molar-refractivity contribution in [3.63, 3.8) is 0 Å². The Labute approximate surface area is 111 Å². The molecule has 0 radical (unpaired) electrons. The van der Waals surface area contributed by atoms with Crippen molar-refractivity contribution in [3.05, 3.63) is 16.4 Å². The number of nitrogens with one attached hydrogen (secondary N) is 2. The van der Waals surface area contributed by atoms with Crippen LogP contribution in [0, 0.1) is 16.0 Å². The number of aromatic nitrogens is 2. The molecule has 1 aromatic rings. The Morgan fingerprint density at radius 3 is 2.58 bits per heavy atom. The van der Waals surface area contributed by atoms with E-state index in [0.717, 1.165) is 6.42 Å². The highest BCUT2D eigenvalue weighted by Gasteiger charge is 2.22. The standard InChI is InChI=1S/C11H19N5O3/c1-3-4-12-10-9(16(18)19)11(15-7-14-10)13-5-8(2)6-17/h7-8,17H,3-6H2,1-2H3,(H2,12,13,14,15). The topological polar surface area (TPSA) is 113 Å². The van der Waals surface area contributed by atoms with Crippen molar-refractivity contribution in [1.29, 1.82) is 0 Å². The number of nitro groups is 1. The first-order valence-electron chi connectivity index (χ1n) is 6.18. The Hall–Kier alpha value is -1.96. The number of hydrogen-bond acceptors (Lipinski definition) is 7. The Kier molecular flexibility index (Phi) is 5.94. The molecule has 1 heterocycles. The van der Waals surface area contributed by atoms with Gasteiger partial charge in [-0.05, 0) is 12.3 Å². The molecule has 0 aliphatic heterocycles. The highest BCUT2D eigenvalue weighted by molar-refractivity contribution is 5.69. The van der Waals surface area contributed by atoms with Crippen LogP contribution in [0.2, 0.25) is 0 Å². The summed E-state index contributed by atoms with van der Waals surface area (Å²) in [7, 11) is 0. The first-order valence-corrected chi connectivity index (χ1v) is 6.18. The van der Waals surface area contributed by atoms with Crippen molar-refractivity contribution in [2.75, 3.05) is 30.3 Å². The van der Waals surface area contributed by atoms with Crippen molar-refractivity contribution in [3.8, 4) is 0 Å². The molecule has 19 heavy (non-hydrogen) atoms. The molecule has 1 atom stereocenters. The maximum absolute atomic E-state index is 11.1. The molecule has 8 heteroatoms. The molecular formula is C11H19N5O3. The second kappa shape index (κ2) is 7.47. The molecule has 0 aliphatic carbocycles. The third kappa shape index (κ3) is 4.32. The van der Waals surface area contributed by atoms with Gasteiger partial charge in [-0.15, -0.1) is 0 Å². The minimum Gasteiger partial charge on any atom is -0.396 e. The molecule has 3 N–H and O–H groups in total. The Bertz CT molecular complexity index is 427. The lowest BCUT2D eigenvalue weighted by atomic mass is 10.2. The first kappa shape index (κ1) is 15.1. The Balaban J connectivity index is 2.92. The van der Waals surface area contributed by atoms with Crippen LogP contribution in [0.5, 0.6) is 0 Å². The van der Waals surface area contributed by atoms with E-state index in [-0.39, 0.29) is 29.8 Å². The van der Waals surface area contributed by atoms with Gasteiger partial charge in [0.15, 0.2) is 0 Å². The molecular weight excluding hydrogens is 250 g/mol. The molecule has 106 valence electrons. The van der Waals surface area contributed by atoms with E-state index in [2.05, 4.69) is 20.6 Å². The van der Waals surface area contributed by atoms with Crippen molar-refractivity contribution in [1.82, 2.24) is 9.97 Å². The number of rotatable bonds is 8. The molecule has 0 saturated carbocycles. The average Bonchev–Trinajstić information content (AvgIpc) is 2.41. The van der Waals surface area contributed by atoms with Crippen LogP contribution in [0.3, 0.4) is 0 Å². The van der Waals surface area contributed by atoms with Crippen LogP contribution >= 0.6 is 0 Å². The van der Waals surface area contributed by atoms with Crippen LogP contribution in [0.1, 0.15) is 20.3 Å². The van der Waals surface area contributed by atoms with Gasteiger partial charge in [0, 0.05) is 19.7 Å². The first-order chi connectivity index (χ1) is 9.10. The van der Waals surface area contributed by atoms with Crippen LogP contribution in [-0.2, 0) is 0 Å². The third-order valence-corrected chi connectivity index (χ3v) is 2.48. The SMILES string of the molecule is CCCNc1ncnc(NCC(C)CO)c1[N+](=O)[O-]. The van der Waals surface area contributed by atoms with Crippen molar-refractivity contribution >= 4 is 17.3 Å². The van der Waals surface area contributed by atoms with E-state index >= 15 is 0 Å². The minimum atomic E-state index is -0.510. The lowest BCUT2D eigenvalue weighted by Gasteiger charge is -2.11. The highest BCUT2D eigenvalue weighted by atomic mass is 16.6. The lowest BCUT2D eigenvalue weighted by Crippen LogP contribution is -2.17. The van der Waals surface area contributed by atoms with E-state index in [1.54, 1.807) is 0 Å². The second-order valence-corrected chi connectivity index (χ2v) is 4.27. The number of nitrogens with zero attached hydrogens (tertiary/aromatic N) is 3. The van der Waals surface area contributed by atoms with E-state index in [1.807, 2.05) is 13.8 Å². The lowest BCUT2D eigenvalue weighted by molar-refractivity contribution is -0.383. The van der Waals surface area contributed by atoms with Crippen LogP contribution in [0.15, 0.2) is 6.33 Å². The third-order valence-electron chi connectivity index (χ3n) is 2.48. The summed E-state index contributed by atoms with van der Waals surface area (Å²) in [6.07, 6.45) is 2.11. The average molecular weight is 269 g/mol. The summed E-state index contributed by atoms with van der Waals surface area (Å²) in [5.41, 5.74) is -0.166. The molecule has 1 unspecified atom stereocenters. The molecule has 8 nitrogen and oxygen atoms in total. The van der Waals surface area contributed by atoms with E-state index in [4.69, 9.17) is 5.11 Å². The largest absolute Gasteiger partial charge is 0.396 e. The fourth-order valence-corrected chi connectivity index (χ4v) is 1.39.